The largest absolute Gasteiger partial charge is 0.389 e. The monoisotopic (exact) mass is 441 g/mol. The van der Waals surface area contributed by atoms with Crippen LogP contribution in [0, 0.1) is 17.2 Å². The molecule has 5 heteroatoms. The van der Waals surface area contributed by atoms with Crippen molar-refractivity contribution in [1.29, 1.82) is 5.26 Å². The van der Waals surface area contributed by atoms with Gasteiger partial charge in [-0.05, 0) is 23.5 Å². The van der Waals surface area contributed by atoms with Gasteiger partial charge in [-0.3, -0.25) is 0 Å². The molecule has 2 saturated heterocycles. The molecule has 2 fully saturated rings. The van der Waals surface area contributed by atoms with Gasteiger partial charge in [0.15, 0.2) is 0 Å². The number of hydrogen-bond donors (Lipinski definition) is 0. The van der Waals surface area contributed by atoms with Crippen molar-refractivity contribution in [1.82, 2.24) is 0 Å². The summed E-state index contributed by atoms with van der Waals surface area (Å²) in [5, 5.41) is 10.5. The number of hydrogen-bond acceptors (Lipinski definition) is 1. The maximum Gasteiger partial charge on any atom is 0.389 e. The molecule has 2 aromatic rings. The fourth-order valence-electron chi connectivity index (χ4n) is 6.46. The van der Waals surface area contributed by atoms with E-state index in [2.05, 4.69) is 13.1 Å². The Hall–Kier alpha value is -2.32. The van der Waals surface area contributed by atoms with E-state index in [9.17, 15) is 18.4 Å². The predicted molar refractivity (Wildman–Crippen MR) is 120 cm³/mol. The number of piperidine rings is 1. The van der Waals surface area contributed by atoms with Crippen molar-refractivity contribution in [3.8, 4) is 6.07 Å². The average Bonchev–Trinajstić information content (AvgIpc) is 2.94. The lowest BCUT2D eigenvalue weighted by Gasteiger charge is -2.48. The summed E-state index contributed by atoms with van der Waals surface area (Å²) in [5.41, 5.74) is 1.34. The minimum absolute atomic E-state index is 0.202. The molecule has 2 unspecified atom stereocenters. The zero-order chi connectivity index (χ0) is 22.8. The van der Waals surface area contributed by atoms with Crippen molar-refractivity contribution in [2.75, 3.05) is 13.6 Å². The lowest BCUT2D eigenvalue weighted by atomic mass is 9.67. The van der Waals surface area contributed by atoms with Crippen LogP contribution in [-0.2, 0) is 5.41 Å². The predicted octanol–water partition coefficient (Wildman–Crippen LogP) is 6.62. The van der Waals surface area contributed by atoms with Gasteiger partial charge in [-0.25, -0.2) is 0 Å². The second-order valence-electron chi connectivity index (χ2n) is 9.96. The smallest absolute Gasteiger partial charge is 0.321 e. The van der Waals surface area contributed by atoms with E-state index < -0.39 is 18.0 Å². The van der Waals surface area contributed by atoms with Crippen LogP contribution in [0.5, 0.6) is 0 Å². The van der Waals surface area contributed by atoms with Crippen LogP contribution < -0.4 is 0 Å². The van der Waals surface area contributed by atoms with E-state index in [4.69, 9.17) is 0 Å². The number of alkyl halides is 3. The molecule has 2 heterocycles. The Bertz CT molecular complexity index is 879. The number of benzene rings is 2. The third kappa shape index (κ3) is 4.43. The molecule has 2 aliphatic rings. The number of rotatable bonds is 7. The van der Waals surface area contributed by atoms with E-state index >= 15 is 0 Å². The van der Waals surface area contributed by atoms with Gasteiger partial charge in [0.05, 0.1) is 31.7 Å². The average molecular weight is 442 g/mol. The van der Waals surface area contributed by atoms with Gasteiger partial charge in [0.2, 0.25) is 0 Å². The van der Waals surface area contributed by atoms with E-state index in [-0.39, 0.29) is 6.42 Å². The Labute approximate surface area is 189 Å². The summed E-state index contributed by atoms with van der Waals surface area (Å²) in [6.45, 7) is 0.600. The maximum absolute atomic E-state index is 12.7. The third-order valence-corrected chi connectivity index (χ3v) is 8.13. The highest BCUT2D eigenvalue weighted by atomic mass is 19.4. The number of fused-ring (bicyclic) bond motifs is 2. The first-order chi connectivity index (χ1) is 15.3. The highest BCUT2D eigenvalue weighted by Crippen LogP contribution is 2.49. The fourth-order valence-corrected chi connectivity index (χ4v) is 6.46. The van der Waals surface area contributed by atoms with E-state index in [0.717, 1.165) is 47.7 Å². The molecule has 4 atom stereocenters. The number of halogens is 3. The van der Waals surface area contributed by atoms with Crippen molar-refractivity contribution in [3.05, 3.63) is 71.8 Å². The zero-order valence-corrected chi connectivity index (χ0v) is 18.7. The van der Waals surface area contributed by atoms with Crippen LogP contribution in [0.25, 0.3) is 0 Å². The zero-order valence-electron chi connectivity index (χ0n) is 18.7. The summed E-state index contributed by atoms with van der Waals surface area (Å²) in [4.78, 5) is 0. The Morgan fingerprint density at radius 1 is 0.906 bits per heavy atom. The molecule has 0 aliphatic carbocycles. The Morgan fingerprint density at radius 3 is 1.84 bits per heavy atom. The Kier molecular flexibility index (Phi) is 6.36. The second kappa shape index (κ2) is 8.90. The lowest BCUT2D eigenvalue weighted by molar-refractivity contribution is -0.949. The van der Waals surface area contributed by atoms with Crippen molar-refractivity contribution in [3.63, 3.8) is 0 Å². The summed E-state index contributed by atoms with van der Waals surface area (Å²) < 4.78 is 38.9. The molecule has 2 aliphatic heterocycles. The molecular weight excluding hydrogens is 409 g/mol. The molecule has 0 N–H and O–H groups in total. The molecule has 0 aromatic heterocycles. The summed E-state index contributed by atoms with van der Waals surface area (Å²) in [6.07, 6.45) is 0.336. The first kappa shape index (κ1) is 22.9. The molecular formula is C27H32F3N2+. The number of nitriles is 1. The van der Waals surface area contributed by atoms with E-state index in [1.807, 2.05) is 60.7 Å². The molecule has 32 heavy (non-hydrogen) atoms. The highest BCUT2D eigenvalue weighted by molar-refractivity contribution is 5.45. The van der Waals surface area contributed by atoms with Gasteiger partial charge < -0.3 is 4.48 Å². The molecule has 4 rings (SSSR count). The molecule has 0 amide bonds. The first-order valence-corrected chi connectivity index (χ1v) is 11.7. The van der Waals surface area contributed by atoms with Crippen LogP contribution >= 0.6 is 0 Å². The first-order valence-electron chi connectivity index (χ1n) is 11.7. The topological polar surface area (TPSA) is 23.8 Å². The molecule has 2 nitrogen and oxygen atoms in total. The van der Waals surface area contributed by atoms with Gasteiger partial charge >= 0.3 is 6.18 Å². The van der Waals surface area contributed by atoms with Gasteiger partial charge in [0, 0.05) is 38.5 Å². The van der Waals surface area contributed by atoms with Gasteiger partial charge in [-0.15, -0.1) is 0 Å². The van der Waals surface area contributed by atoms with Crippen LogP contribution in [0.3, 0.4) is 0 Å². The van der Waals surface area contributed by atoms with Crippen LogP contribution in [0.15, 0.2) is 60.7 Å². The SMILES string of the molecule is C[N+]1(CCCC(F)(F)F)[C@@H]2CC[C@H]1CC(CC(C#N)(c1ccccc1)c1ccccc1)C2. The van der Waals surface area contributed by atoms with Crippen LogP contribution in [0.2, 0.25) is 0 Å². The van der Waals surface area contributed by atoms with Crippen LogP contribution in [-0.4, -0.2) is 36.3 Å². The molecule has 0 radical (unpaired) electrons. The lowest BCUT2D eigenvalue weighted by Crippen LogP contribution is -2.58. The highest BCUT2D eigenvalue weighted by Gasteiger charge is 2.52. The molecule has 0 saturated carbocycles. The summed E-state index contributed by atoms with van der Waals surface area (Å²) in [5.74, 6) is 0.390. The Balaban J connectivity index is 1.55. The number of quaternary nitrogens is 1. The minimum atomic E-state index is -4.08. The van der Waals surface area contributed by atoms with Crippen molar-refractivity contribution >= 4 is 0 Å². The summed E-state index contributed by atoms with van der Waals surface area (Å²) >= 11 is 0. The van der Waals surface area contributed by atoms with E-state index in [0.29, 0.717) is 24.5 Å². The number of nitrogens with zero attached hydrogens (tertiary/aromatic N) is 2. The van der Waals surface area contributed by atoms with Crippen molar-refractivity contribution in [2.24, 2.45) is 5.92 Å². The van der Waals surface area contributed by atoms with Gasteiger partial charge in [0.25, 0.3) is 0 Å². The summed E-state index contributed by atoms with van der Waals surface area (Å²) in [7, 11) is 2.17. The molecule has 2 bridgehead atoms. The normalized spacial score (nSPS) is 27.8. The van der Waals surface area contributed by atoms with Crippen molar-refractivity contribution in [2.45, 2.75) is 68.6 Å². The molecule has 2 aromatic carbocycles. The quantitative estimate of drug-likeness (QED) is 0.443. The van der Waals surface area contributed by atoms with Crippen LogP contribution in [0.4, 0.5) is 13.2 Å². The standard InChI is InChI=1S/C27H32F3N2/c1-32(16-8-15-27(28,29)30)24-13-14-25(32)18-21(17-24)19-26(20-31,22-9-4-2-5-10-22)23-11-6-3-7-12-23/h2-7,9-12,21,24-25H,8,13-19H2,1H3/q+1/t21?,24-,25+,32?. The van der Waals surface area contributed by atoms with Gasteiger partial charge in [-0.2, -0.15) is 18.4 Å². The van der Waals surface area contributed by atoms with E-state index in [1.54, 1.807) is 0 Å². The Morgan fingerprint density at radius 2 is 1.41 bits per heavy atom. The van der Waals surface area contributed by atoms with E-state index in [1.165, 1.54) is 0 Å². The second-order valence-corrected chi connectivity index (χ2v) is 9.96. The van der Waals surface area contributed by atoms with Crippen molar-refractivity contribution < 1.29 is 17.7 Å². The maximum atomic E-state index is 12.7. The van der Waals surface area contributed by atoms with Crippen LogP contribution in [0.1, 0.15) is 56.1 Å². The summed E-state index contributed by atoms with van der Waals surface area (Å²) in [6, 6.07) is 23.6. The molecule has 170 valence electrons. The third-order valence-electron chi connectivity index (χ3n) is 8.13. The van der Waals surface area contributed by atoms with Gasteiger partial charge in [0.1, 0.15) is 5.41 Å². The van der Waals surface area contributed by atoms with Gasteiger partial charge in [-0.1, -0.05) is 60.7 Å². The molecule has 0 spiro atoms. The fraction of sp³-hybridized carbons (Fsp3) is 0.519. The minimum Gasteiger partial charge on any atom is -0.321 e.